The fourth-order valence-corrected chi connectivity index (χ4v) is 4.52. The largest absolute Gasteiger partial charge is 0.393 e. The molecule has 0 aliphatic carbocycles. The fourth-order valence-electron chi connectivity index (χ4n) is 3.40. The highest BCUT2D eigenvalue weighted by Crippen LogP contribution is 2.26. The third kappa shape index (κ3) is 4.21. The van der Waals surface area contributed by atoms with Gasteiger partial charge in [-0.1, -0.05) is 23.4 Å². The van der Waals surface area contributed by atoms with Gasteiger partial charge >= 0.3 is 0 Å². The third-order valence-electron chi connectivity index (χ3n) is 4.93. The van der Waals surface area contributed by atoms with Gasteiger partial charge in [0.05, 0.1) is 19.2 Å². The van der Waals surface area contributed by atoms with Crippen LogP contribution in [0.4, 0.5) is 0 Å². The van der Waals surface area contributed by atoms with Gasteiger partial charge in [0.15, 0.2) is 11.5 Å². The van der Waals surface area contributed by atoms with Gasteiger partial charge in [-0.25, -0.2) is 0 Å². The Balaban J connectivity index is 1.38. The molecule has 2 aromatic heterocycles. The van der Waals surface area contributed by atoms with E-state index in [2.05, 4.69) is 28.3 Å². The predicted octanol–water partition coefficient (Wildman–Crippen LogP) is 3.12. The second-order valence-corrected chi connectivity index (χ2v) is 8.27. The van der Waals surface area contributed by atoms with E-state index in [-0.39, 0.29) is 12.0 Å². The van der Waals surface area contributed by atoms with Crippen molar-refractivity contribution in [1.82, 2.24) is 15.0 Å². The summed E-state index contributed by atoms with van der Waals surface area (Å²) in [4.78, 5) is 17.7. The molecular weight excluding hydrogens is 362 g/mol. The standard InChI is InChI=1S/C20H23N3O3S/c1-22(13-17-10-14-4-2-3-5-19(14)27-17)20(25)18-11-16(26-21-18)12-23-8-6-15(24)7-9-23/h2-5,10-11,15,24H,6-9,12-13H2,1H3. The van der Waals surface area contributed by atoms with Crippen molar-refractivity contribution in [3.8, 4) is 0 Å². The van der Waals surface area contributed by atoms with Crippen LogP contribution in [0, 0.1) is 0 Å². The molecule has 1 N–H and O–H groups in total. The van der Waals surface area contributed by atoms with E-state index in [1.165, 1.54) is 10.1 Å². The number of amides is 1. The van der Waals surface area contributed by atoms with Gasteiger partial charge in [-0.2, -0.15) is 0 Å². The number of aliphatic hydroxyl groups excluding tert-OH is 1. The Hall–Kier alpha value is -2.22. The van der Waals surface area contributed by atoms with E-state index in [4.69, 9.17) is 4.52 Å². The quantitative estimate of drug-likeness (QED) is 0.731. The van der Waals surface area contributed by atoms with Crippen LogP contribution in [-0.4, -0.2) is 52.2 Å². The fraction of sp³-hybridized carbons (Fsp3) is 0.400. The first kappa shape index (κ1) is 18.2. The average Bonchev–Trinajstić information content (AvgIpc) is 3.29. The molecule has 1 fully saturated rings. The minimum Gasteiger partial charge on any atom is -0.393 e. The van der Waals surface area contributed by atoms with Gasteiger partial charge < -0.3 is 14.5 Å². The topological polar surface area (TPSA) is 69.8 Å². The van der Waals surface area contributed by atoms with Gasteiger partial charge in [0, 0.05) is 35.8 Å². The zero-order valence-electron chi connectivity index (χ0n) is 15.3. The zero-order valence-corrected chi connectivity index (χ0v) is 16.1. The molecule has 1 aliphatic heterocycles. The summed E-state index contributed by atoms with van der Waals surface area (Å²) >= 11 is 1.70. The highest BCUT2D eigenvalue weighted by Gasteiger charge is 2.21. The molecule has 1 aromatic carbocycles. The number of aromatic nitrogens is 1. The second kappa shape index (κ2) is 7.80. The molecule has 1 saturated heterocycles. The first-order chi connectivity index (χ1) is 13.1. The van der Waals surface area contributed by atoms with Crippen molar-refractivity contribution < 1.29 is 14.4 Å². The van der Waals surface area contributed by atoms with Crippen molar-refractivity contribution >= 4 is 27.3 Å². The van der Waals surface area contributed by atoms with E-state index in [0.717, 1.165) is 30.8 Å². The number of carbonyl (C=O) groups excluding carboxylic acids is 1. The van der Waals surface area contributed by atoms with Crippen LogP contribution in [0.2, 0.25) is 0 Å². The number of nitrogens with zero attached hydrogens (tertiary/aromatic N) is 3. The number of benzene rings is 1. The molecule has 27 heavy (non-hydrogen) atoms. The summed E-state index contributed by atoms with van der Waals surface area (Å²) in [6.45, 7) is 2.82. The zero-order chi connectivity index (χ0) is 18.8. The number of aliphatic hydroxyl groups is 1. The molecule has 142 valence electrons. The number of thiophene rings is 1. The smallest absolute Gasteiger partial charge is 0.276 e. The molecule has 0 saturated carbocycles. The van der Waals surface area contributed by atoms with Crippen LogP contribution in [0.15, 0.2) is 40.9 Å². The molecule has 3 heterocycles. The Labute approximate surface area is 162 Å². The number of fused-ring (bicyclic) bond motifs is 1. The van der Waals surface area contributed by atoms with E-state index in [0.29, 0.717) is 24.5 Å². The van der Waals surface area contributed by atoms with E-state index in [1.54, 1.807) is 29.4 Å². The van der Waals surface area contributed by atoms with Crippen LogP contribution >= 0.6 is 11.3 Å². The van der Waals surface area contributed by atoms with Crippen molar-refractivity contribution in [1.29, 1.82) is 0 Å². The van der Waals surface area contributed by atoms with E-state index in [1.807, 2.05) is 12.1 Å². The van der Waals surface area contributed by atoms with Crippen LogP contribution in [0.5, 0.6) is 0 Å². The van der Waals surface area contributed by atoms with Gasteiger partial charge in [0.2, 0.25) is 0 Å². The van der Waals surface area contributed by atoms with Crippen LogP contribution in [-0.2, 0) is 13.1 Å². The Morgan fingerprint density at radius 2 is 2.11 bits per heavy atom. The van der Waals surface area contributed by atoms with Crippen LogP contribution in [0.25, 0.3) is 10.1 Å². The number of hydrogen-bond donors (Lipinski definition) is 1. The van der Waals surface area contributed by atoms with Gasteiger partial charge in [-0.15, -0.1) is 11.3 Å². The van der Waals surface area contributed by atoms with Crippen molar-refractivity contribution in [2.45, 2.75) is 32.0 Å². The summed E-state index contributed by atoms with van der Waals surface area (Å²) in [5, 5.41) is 14.8. The molecule has 6 nitrogen and oxygen atoms in total. The van der Waals surface area contributed by atoms with E-state index in [9.17, 15) is 9.90 Å². The molecule has 4 rings (SSSR count). The molecule has 1 amide bonds. The third-order valence-corrected chi connectivity index (χ3v) is 6.03. The van der Waals surface area contributed by atoms with Crippen molar-refractivity contribution in [2.24, 2.45) is 0 Å². The Kier molecular flexibility index (Phi) is 5.24. The highest BCUT2D eigenvalue weighted by atomic mass is 32.1. The normalized spacial score (nSPS) is 16.1. The second-order valence-electron chi connectivity index (χ2n) is 7.10. The Morgan fingerprint density at radius 1 is 1.33 bits per heavy atom. The lowest BCUT2D eigenvalue weighted by Gasteiger charge is -2.28. The monoisotopic (exact) mass is 385 g/mol. The summed E-state index contributed by atoms with van der Waals surface area (Å²) < 4.78 is 6.59. The van der Waals surface area contributed by atoms with Crippen LogP contribution < -0.4 is 0 Å². The van der Waals surface area contributed by atoms with Crippen molar-refractivity contribution in [2.75, 3.05) is 20.1 Å². The Morgan fingerprint density at radius 3 is 2.89 bits per heavy atom. The lowest BCUT2D eigenvalue weighted by Crippen LogP contribution is -2.35. The number of likely N-dealkylation sites (tertiary alicyclic amines) is 1. The van der Waals surface area contributed by atoms with Crippen LogP contribution in [0.1, 0.15) is 34.0 Å². The first-order valence-corrected chi connectivity index (χ1v) is 9.99. The maximum absolute atomic E-state index is 12.7. The highest BCUT2D eigenvalue weighted by molar-refractivity contribution is 7.19. The molecule has 0 atom stereocenters. The van der Waals surface area contributed by atoms with Gasteiger partial charge in [-0.05, 0) is 30.4 Å². The summed E-state index contributed by atoms with van der Waals surface area (Å²) in [6, 6.07) is 12.1. The molecule has 0 bridgehead atoms. The van der Waals surface area contributed by atoms with Gasteiger partial charge in [0.25, 0.3) is 5.91 Å². The number of carbonyl (C=O) groups is 1. The lowest BCUT2D eigenvalue weighted by atomic mass is 10.1. The molecule has 3 aromatic rings. The van der Waals surface area contributed by atoms with Crippen molar-refractivity contribution in [3.05, 3.63) is 52.7 Å². The minimum absolute atomic E-state index is 0.142. The minimum atomic E-state index is -0.198. The number of piperidine rings is 1. The maximum Gasteiger partial charge on any atom is 0.276 e. The summed E-state index contributed by atoms with van der Waals surface area (Å²) in [5.41, 5.74) is 0.339. The summed E-state index contributed by atoms with van der Waals surface area (Å²) in [7, 11) is 1.78. The molecule has 0 spiro atoms. The molecule has 1 aliphatic rings. The van der Waals surface area contributed by atoms with E-state index >= 15 is 0 Å². The average molecular weight is 385 g/mol. The summed E-state index contributed by atoms with van der Waals surface area (Å²) in [6.07, 6.45) is 1.35. The van der Waals surface area contributed by atoms with E-state index < -0.39 is 0 Å². The van der Waals surface area contributed by atoms with Gasteiger partial charge in [-0.3, -0.25) is 9.69 Å². The number of rotatable bonds is 5. The van der Waals surface area contributed by atoms with Gasteiger partial charge in [0.1, 0.15) is 0 Å². The SMILES string of the molecule is CN(Cc1cc2ccccc2s1)C(=O)c1cc(CN2CCC(O)CC2)on1. The lowest BCUT2D eigenvalue weighted by molar-refractivity contribution is 0.0743. The number of hydrogen-bond acceptors (Lipinski definition) is 6. The first-order valence-electron chi connectivity index (χ1n) is 9.17. The molecular formula is C20H23N3O3S. The molecule has 0 radical (unpaired) electrons. The Bertz CT molecular complexity index is 894. The summed E-state index contributed by atoms with van der Waals surface area (Å²) in [5.74, 6) is 0.543. The predicted molar refractivity (Wildman–Crippen MR) is 105 cm³/mol. The maximum atomic E-state index is 12.7. The molecule has 0 unspecified atom stereocenters. The van der Waals surface area contributed by atoms with Crippen molar-refractivity contribution in [3.63, 3.8) is 0 Å². The molecule has 7 heteroatoms. The van der Waals surface area contributed by atoms with Crippen LogP contribution in [0.3, 0.4) is 0 Å².